The fraction of sp³-hybridized carbons (Fsp3) is 0.250. The quantitative estimate of drug-likeness (QED) is 0.674. The van der Waals surface area contributed by atoms with Gasteiger partial charge in [-0.05, 0) is 42.8 Å². The van der Waals surface area contributed by atoms with Crippen molar-refractivity contribution in [2.24, 2.45) is 0 Å². The lowest BCUT2D eigenvalue weighted by Gasteiger charge is -2.20. The number of rotatable bonds is 4. The summed E-state index contributed by atoms with van der Waals surface area (Å²) < 4.78 is 10.6. The Kier molecular flexibility index (Phi) is 4.58. The van der Waals surface area contributed by atoms with Gasteiger partial charge in [0.2, 0.25) is 17.6 Å². The molecule has 0 aliphatic carbocycles. The maximum absolute atomic E-state index is 12.6. The number of para-hydroxylation sites is 1. The van der Waals surface area contributed by atoms with E-state index in [4.69, 9.17) is 20.9 Å². The first-order chi connectivity index (χ1) is 13.1. The Labute approximate surface area is 161 Å². The standard InChI is InChI=1S/C20H18ClN3O3/c1-12-4-3-5-16(21)18(12)24-11-14(10-17(24)25)20-22-19(23-27-20)13-6-8-15(26-2)9-7-13/h3-9,14H,10-11H2,1-2H3. The van der Waals surface area contributed by atoms with Gasteiger partial charge >= 0.3 is 0 Å². The molecule has 4 rings (SSSR count). The van der Waals surface area contributed by atoms with Crippen LogP contribution in [0.5, 0.6) is 5.75 Å². The van der Waals surface area contributed by atoms with Crippen LogP contribution >= 0.6 is 11.6 Å². The number of nitrogens with zero attached hydrogens (tertiary/aromatic N) is 3. The third kappa shape index (κ3) is 3.28. The van der Waals surface area contributed by atoms with Gasteiger partial charge in [0.05, 0.1) is 23.7 Å². The summed E-state index contributed by atoms with van der Waals surface area (Å²) in [6.45, 7) is 2.41. The summed E-state index contributed by atoms with van der Waals surface area (Å²) in [5, 5.41) is 4.63. The number of methoxy groups -OCH3 is 1. The number of carbonyl (C=O) groups is 1. The van der Waals surface area contributed by atoms with Gasteiger partial charge in [-0.25, -0.2) is 0 Å². The Morgan fingerprint density at radius 3 is 2.70 bits per heavy atom. The van der Waals surface area contributed by atoms with Crippen molar-refractivity contribution in [1.29, 1.82) is 0 Å². The van der Waals surface area contributed by atoms with Crippen LogP contribution in [0.3, 0.4) is 0 Å². The van der Waals surface area contributed by atoms with E-state index in [-0.39, 0.29) is 11.8 Å². The highest BCUT2D eigenvalue weighted by Crippen LogP contribution is 2.37. The zero-order valence-corrected chi connectivity index (χ0v) is 15.7. The lowest BCUT2D eigenvalue weighted by Crippen LogP contribution is -2.25. The summed E-state index contributed by atoms with van der Waals surface area (Å²) in [7, 11) is 1.62. The molecular weight excluding hydrogens is 366 g/mol. The molecule has 1 atom stereocenters. The molecule has 0 N–H and O–H groups in total. The zero-order valence-electron chi connectivity index (χ0n) is 15.0. The minimum absolute atomic E-state index is 0.000368. The van der Waals surface area contributed by atoms with Gasteiger partial charge in [0.25, 0.3) is 0 Å². The first-order valence-electron chi connectivity index (χ1n) is 8.60. The monoisotopic (exact) mass is 383 g/mol. The predicted octanol–water partition coefficient (Wildman–Crippen LogP) is 4.23. The van der Waals surface area contributed by atoms with Crippen LogP contribution in [0.25, 0.3) is 11.4 Å². The average molecular weight is 384 g/mol. The number of ether oxygens (including phenoxy) is 1. The van der Waals surface area contributed by atoms with Crippen molar-refractivity contribution in [3.05, 3.63) is 58.9 Å². The molecule has 0 spiro atoms. The van der Waals surface area contributed by atoms with E-state index in [0.29, 0.717) is 29.7 Å². The van der Waals surface area contributed by atoms with E-state index in [1.165, 1.54) is 0 Å². The lowest BCUT2D eigenvalue weighted by molar-refractivity contribution is -0.117. The van der Waals surface area contributed by atoms with E-state index in [0.717, 1.165) is 22.6 Å². The molecule has 3 aromatic rings. The molecular formula is C20H18ClN3O3. The van der Waals surface area contributed by atoms with Crippen molar-refractivity contribution >= 4 is 23.2 Å². The van der Waals surface area contributed by atoms with E-state index in [1.54, 1.807) is 18.1 Å². The third-order valence-corrected chi connectivity index (χ3v) is 5.03. The van der Waals surface area contributed by atoms with Crippen LogP contribution < -0.4 is 9.64 Å². The van der Waals surface area contributed by atoms with Crippen LogP contribution in [0.2, 0.25) is 5.02 Å². The van der Waals surface area contributed by atoms with Gasteiger partial charge in [0.1, 0.15) is 5.75 Å². The minimum atomic E-state index is -0.160. The molecule has 6 nitrogen and oxygen atoms in total. The fourth-order valence-corrected chi connectivity index (χ4v) is 3.64. The van der Waals surface area contributed by atoms with E-state index >= 15 is 0 Å². The molecule has 1 saturated heterocycles. The van der Waals surface area contributed by atoms with E-state index in [1.807, 2.05) is 43.3 Å². The third-order valence-electron chi connectivity index (χ3n) is 4.72. The highest BCUT2D eigenvalue weighted by molar-refractivity contribution is 6.34. The number of halogens is 1. The van der Waals surface area contributed by atoms with Crippen LogP contribution in [0.15, 0.2) is 47.0 Å². The number of carbonyl (C=O) groups excluding carboxylic acids is 1. The van der Waals surface area contributed by atoms with Crippen LogP contribution in [0.1, 0.15) is 23.8 Å². The Morgan fingerprint density at radius 1 is 1.22 bits per heavy atom. The Morgan fingerprint density at radius 2 is 2.00 bits per heavy atom. The van der Waals surface area contributed by atoms with Gasteiger partial charge in [-0.15, -0.1) is 0 Å². The minimum Gasteiger partial charge on any atom is -0.497 e. The average Bonchev–Trinajstić information content (AvgIpc) is 3.29. The van der Waals surface area contributed by atoms with Crippen molar-refractivity contribution in [2.75, 3.05) is 18.6 Å². The maximum Gasteiger partial charge on any atom is 0.232 e. The molecule has 138 valence electrons. The summed E-state index contributed by atoms with van der Waals surface area (Å²) in [5.41, 5.74) is 2.54. The summed E-state index contributed by atoms with van der Waals surface area (Å²) in [4.78, 5) is 18.8. The number of anilines is 1. The molecule has 1 fully saturated rings. The Balaban J connectivity index is 1.57. The van der Waals surface area contributed by atoms with Gasteiger partial charge in [-0.3, -0.25) is 4.79 Å². The molecule has 2 heterocycles. The summed E-state index contributed by atoms with van der Waals surface area (Å²) in [6, 6.07) is 13.0. The number of benzene rings is 2. The highest BCUT2D eigenvalue weighted by Gasteiger charge is 2.36. The maximum atomic E-state index is 12.6. The van der Waals surface area contributed by atoms with Gasteiger partial charge in [-0.2, -0.15) is 4.98 Å². The SMILES string of the molecule is COc1ccc(-c2noc(C3CC(=O)N(c4c(C)cccc4Cl)C3)n2)cc1. The zero-order chi connectivity index (χ0) is 19.0. The van der Waals surface area contributed by atoms with Crippen molar-refractivity contribution in [3.8, 4) is 17.1 Å². The van der Waals surface area contributed by atoms with Crippen LogP contribution in [0, 0.1) is 6.92 Å². The second-order valence-corrected chi connectivity index (χ2v) is 6.90. The molecule has 27 heavy (non-hydrogen) atoms. The summed E-state index contributed by atoms with van der Waals surface area (Å²) >= 11 is 6.32. The fourth-order valence-electron chi connectivity index (χ4n) is 3.31. The molecule has 1 aliphatic rings. The van der Waals surface area contributed by atoms with Crippen LogP contribution in [0.4, 0.5) is 5.69 Å². The molecule has 0 bridgehead atoms. The van der Waals surface area contributed by atoms with Crippen molar-refractivity contribution in [3.63, 3.8) is 0 Å². The molecule has 1 aromatic heterocycles. The second-order valence-electron chi connectivity index (χ2n) is 6.50. The largest absolute Gasteiger partial charge is 0.497 e. The topological polar surface area (TPSA) is 68.5 Å². The summed E-state index contributed by atoms with van der Waals surface area (Å²) in [5.74, 6) is 1.55. The normalized spacial score (nSPS) is 16.8. The van der Waals surface area contributed by atoms with E-state index in [9.17, 15) is 4.79 Å². The van der Waals surface area contributed by atoms with Gasteiger partial charge < -0.3 is 14.2 Å². The van der Waals surface area contributed by atoms with Gasteiger partial charge in [0, 0.05) is 18.5 Å². The molecule has 0 saturated carbocycles. The van der Waals surface area contributed by atoms with Crippen LogP contribution in [-0.4, -0.2) is 29.7 Å². The molecule has 7 heteroatoms. The number of amides is 1. The first-order valence-corrected chi connectivity index (χ1v) is 8.98. The highest BCUT2D eigenvalue weighted by atomic mass is 35.5. The Hall–Kier alpha value is -2.86. The smallest absolute Gasteiger partial charge is 0.232 e. The van der Waals surface area contributed by atoms with Crippen LogP contribution in [-0.2, 0) is 4.79 Å². The molecule has 1 amide bonds. The van der Waals surface area contributed by atoms with Crippen molar-refractivity contribution in [2.45, 2.75) is 19.3 Å². The van der Waals surface area contributed by atoms with Crippen molar-refractivity contribution < 1.29 is 14.1 Å². The second kappa shape index (κ2) is 7.04. The Bertz CT molecular complexity index is 964. The number of hydrogen-bond donors (Lipinski definition) is 0. The lowest BCUT2D eigenvalue weighted by atomic mass is 10.1. The number of hydrogen-bond acceptors (Lipinski definition) is 5. The van der Waals surface area contributed by atoms with Crippen molar-refractivity contribution in [1.82, 2.24) is 10.1 Å². The summed E-state index contributed by atoms with van der Waals surface area (Å²) in [6.07, 6.45) is 0.314. The number of aromatic nitrogens is 2. The first kappa shape index (κ1) is 17.5. The van der Waals surface area contributed by atoms with E-state index in [2.05, 4.69) is 10.1 Å². The molecule has 1 aliphatic heterocycles. The molecule has 0 radical (unpaired) electrons. The van der Waals surface area contributed by atoms with Gasteiger partial charge in [-0.1, -0.05) is 28.9 Å². The van der Waals surface area contributed by atoms with Gasteiger partial charge in [0.15, 0.2) is 0 Å². The van der Waals surface area contributed by atoms with E-state index < -0.39 is 0 Å². The number of aryl methyl sites for hydroxylation is 1. The predicted molar refractivity (Wildman–Crippen MR) is 102 cm³/mol. The molecule has 2 aromatic carbocycles. The molecule has 1 unspecified atom stereocenters.